The summed E-state index contributed by atoms with van der Waals surface area (Å²) < 4.78 is 0. The highest BCUT2D eigenvalue weighted by Crippen LogP contribution is 2.44. The first-order chi connectivity index (χ1) is 10.8. The first kappa shape index (κ1) is 16.3. The van der Waals surface area contributed by atoms with Gasteiger partial charge in [-0.15, -0.1) is 0 Å². The third kappa shape index (κ3) is 4.04. The predicted octanol–water partition coefficient (Wildman–Crippen LogP) is 5.85. The minimum absolute atomic E-state index is 0.278. The maximum absolute atomic E-state index is 2.41. The van der Waals surface area contributed by atoms with Crippen LogP contribution >= 0.6 is 0 Å². The van der Waals surface area contributed by atoms with Crippen molar-refractivity contribution in [2.45, 2.75) is 82.7 Å². The van der Waals surface area contributed by atoms with Gasteiger partial charge >= 0.3 is 0 Å². The Labute approximate surface area is 139 Å². The van der Waals surface area contributed by atoms with Crippen molar-refractivity contribution in [3.8, 4) is 0 Å². The first-order valence-corrected chi connectivity index (χ1v) is 11.6. The number of hydrogen-bond acceptors (Lipinski definition) is 0. The molecule has 0 unspecified atom stereocenters. The summed E-state index contributed by atoms with van der Waals surface area (Å²) in [6.07, 6.45) is 12.2. The van der Waals surface area contributed by atoms with Crippen LogP contribution in [0.3, 0.4) is 0 Å². The zero-order valence-corrected chi connectivity index (χ0v) is 16.1. The molecule has 1 heteroatoms. The van der Waals surface area contributed by atoms with Gasteiger partial charge in [0, 0.05) is 9.52 Å². The smallest absolute Gasteiger partial charge is 0.0229 e. The third-order valence-electron chi connectivity index (χ3n) is 6.58. The topological polar surface area (TPSA) is 0 Å². The second kappa shape index (κ2) is 7.81. The van der Waals surface area contributed by atoms with Gasteiger partial charge in [-0.2, -0.15) is 0 Å². The number of benzene rings is 1. The maximum atomic E-state index is 2.41. The lowest BCUT2D eigenvalue weighted by atomic mass is 9.70. The molecule has 0 radical (unpaired) electrons. The molecule has 0 amide bonds. The summed E-state index contributed by atoms with van der Waals surface area (Å²) in [6, 6.07) is 10.9. The number of aryl methyl sites for hydroxylation is 1. The average molecular weight is 315 g/mol. The first-order valence-electron chi connectivity index (χ1n) is 9.82. The van der Waals surface area contributed by atoms with Crippen LogP contribution in [-0.2, 0) is 0 Å². The molecular weight excluding hydrogens is 280 g/mol. The summed E-state index contributed by atoms with van der Waals surface area (Å²) in [5.41, 5.74) is 4.19. The summed E-state index contributed by atoms with van der Waals surface area (Å²) in [4.78, 5) is 0. The molecule has 0 saturated heterocycles. The Hall–Kier alpha value is -0.563. The fraction of sp³-hybridized carbons (Fsp3) is 0.714. The standard InChI is InChI=1S/C21H34Si/c1-3-22-21-14-12-20(13-15-21)19-10-8-18(9-11-19)17-6-4-16(2)5-7-17/h4-7,18-21H,3,8-15,22H2,1-2H3. The molecular formula is C21H34Si. The zero-order chi connectivity index (χ0) is 15.4. The van der Waals surface area contributed by atoms with Gasteiger partial charge < -0.3 is 0 Å². The van der Waals surface area contributed by atoms with Gasteiger partial charge in [0.05, 0.1) is 0 Å². The quantitative estimate of drug-likeness (QED) is 0.611. The molecule has 1 aromatic carbocycles. The SMILES string of the molecule is CC[SiH2]C1CCC(C2CCC(c3ccc(C)cc3)CC2)CC1. The minimum Gasteiger partial charge on any atom is -0.0683 e. The van der Waals surface area contributed by atoms with Gasteiger partial charge in [-0.05, 0) is 55.9 Å². The van der Waals surface area contributed by atoms with E-state index in [1.54, 1.807) is 31.2 Å². The summed E-state index contributed by atoms with van der Waals surface area (Å²) in [5.74, 6) is 2.99. The molecule has 0 N–H and O–H groups in total. The zero-order valence-electron chi connectivity index (χ0n) is 14.7. The second-order valence-corrected chi connectivity index (χ2v) is 10.8. The van der Waals surface area contributed by atoms with E-state index >= 15 is 0 Å². The summed E-state index contributed by atoms with van der Waals surface area (Å²) in [6.45, 7) is 4.60. The van der Waals surface area contributed by atoms with Gasteiger partial charge in [-0.1, -0.05) is 74.0 Å². The van der Waals surface area contributed by atoms with Crippen molar-refractivity contribution in [1.29, 1.82) is 0 Å². The van der Waals surface area contributed by atoms with Crippen LogP contribution in [0.15, 0.2) is 24.3 Å². The Morgan fingerprint density at radius 2 is 1.36 bits per heavy atom. The molecule has 2 aliphatic carbocycles. The fourth-order valence-electron chi connectivity index (χ4n) is 5.12. The molecule has 0 spiro atoms. The van der Waals surface area contributed by atoms with Crippen molar-refractivity contribution >= 4 is 9.52 Å². The molecule has 0 nitrogen and oxygen atoms in total. The van der Waals surface area contributed by atoms with Gasteiger partial charge in [-0.25, -0.2) is 0 Å². The van der Waals surface area contributed by atoms with Crippen LogP contribution in [0.4, 0.5) is 0 Å². The third-order valence-corrected chi connectivity index (χ3v) is 8.79. The lowest BCUT2D eigenvalue weighted by molar-refractivity contribution is 0.186. The van der Waals surface area contributed by atoms with E-state index in [4.69, 9.17) is 0 Å². The molecule has 22 heavy (non-hydrogen) atoms. The molecule has 0 atom stereocenters. The van der Waals surface area contributed by atoms with Gasteiger partial charge in [0.25, 0.3) is 0 Å². The summed E-state index contributed by atoms with van der Waals surface area (Å²) in [5, 5.41) is 0. The molecule has 3 rings (SSSR count). The monoisotopic (exact) mass is 314 g/mol. The highest BCUT2D eigenvalue weighted by atomic mass is 28.2. The van der Waals surface area contributed by atoms with Crippen molar-refractivity contribution in [2.24, 2.45) is 11.8 Å². The van der Waals surface area contributed by atoms with Crippen LogP contribution in [0.5, 0.6) is 0 Å². The van der Waals surface area contributed by atoms with Crippen LogP contribution in [0.25, 0.3) is 0 Å². The van der Waals surface area contributed by atoms with Gasteiger partial charge in [-0.3, -0.25) is 0 Å². The van der Waals surface area contributed by atoms with E-state index in [2.05, 4.69) is 38.1 Å². The maximum Gasteiger partial charge on any atom is 0.0229 e. The number of hydrogen-bond donors (Lipinski definition) is 0. The second-order valence-electron chi connectivity index (χ2n) is 8.09. The van der Waals surface area contributed by atoms with E-state index in [0.717, 1.165) is 17.8 Å². The molecule has 0 aromatic heterocycles. The summed E-state index contributed by atoms with van der Waals surface area (Å²) in [7, 11) is 0.278. The fourth-order valence-corrected chi connectivity index (χ4v) is 6.98. The van der Waals surface area contributed by atoms with Gasteiger partial charge in [0.15, 0.2) is 0 Å². The Kier molecular flexibility index (Phi) is 5.79. The lowest BCUT2D eigenvalue weighted by Crippen LogP contribution is -2.25. The Bertz CT molecular complexity index is 433. The van der Waals surface area contributed by atoms with Crippen molar-refractivity contribution in [3.05, 3.63) is 35.4 Å². The van der Waals surface area contributed by atoms with Crippen LogP contribution in [0, 0.1) is 18.8 Å². The molecule has 122 valence electrons. The van der Waals surface area contributed by atoms with E-state index in [-0.39, 0.29) is 9.52 Å². The van der Waals surface area contributed by atoms with Crippen molar-refractivity contribution in [2.75, 3.05) is 0 Å². The van der Waals surface area contributed by atoms with E-state index in [9.17, 15) is 0 Å². The van der Waals surface area contributed by atoms with Crippen LogP contribution < -0.4 is 0 Å². The van der Waals surface area contributed by atoms with E-state index in [1.807, 2.05) is 0 Å². The number of rotatable bonds is 4. The summed E-state index contributed by atoms with van der Waals surface area (Å²) >= 11 is 0. The van der Waals surface area contributed by atoms with Gasteiger partial charge in [0.2, 0.25) is 0 Å². The highest BCUT2D eigenvalue weighted by Gasteiger charge is 2.30. The molecule has 2 aliphatic rings. The van der Waals surface area contributed by atoms with Crippen LogP contribution in [0.1, 0.15) is 75.3 Å². The van der Waals surface area contributed by atoms with E-state index in [0.29, 0.717) is 0 Å². The normalized spacial score (nSPS) is 33.4. The highest BCUT2D eigenvalue weighted by molar-refractivity contribution is 6.37. The van der Waals surface area contributed by atoms with Crippen molar-refractivity contribution in [3.63, 3.8) is 0 Å². The largest absolute Gasteiger partial charge is 0.0683 e. The van der Waals surface area contributed by atoms with E-state index < -0.39 is 0 Å². The van der Waals surface area contributed by atoms with E-state index in [1.165, 1.54) is 42.8 Å². The molecule has 0 heterocycles. The van der Waals surface area contributed by atoms with Gasteiger partial charge in [0.1, 0.15) is 0 Å². The molecule has 1 aromatic rings. The van der Waals surface area contributed by atoms with Crippen molar-refractivity contribution in [1.82, 2.24) is 0 Å². The molecule has 2 fully saturated rings. The van der Waals surface area contributed by atoms with Crippen LogP contribution in [-0.4, -0.2) is 9.52 Å². The minimum atomic E-state index is 0.278. The lowest BCUT2D eigenvalue weighted by Gasteiger charge is -2.38. The Morgan fingerprint density at radius 1 is 0.818 bits per heavy atom. The van der Waals surface area contributed by atoms with Crippen molar-refractivity contribution < 1.29 is 0 Å². The Balaban J connectivity index is 1.47. The van der Waals surface area contributed by atoms with Crippen LogP contribution in [0.2, 0.25) is 11.6 Å². The molecule has 0 aliphatic heterocycles. The Morgan fingerprint density at radius 3 is 1.91 bits per heavy atom. The molecule has 0 bridgehead atoms. The molecule has 2 saturated carbocycles. The predicted molar refractivity (Wildman–Crippen MR) is 101 cm³/mol. The average Bonchev–Trinajstić information content (AvgIpc) is 2.57.